The summed E-state index contributed by atoms with van der Waals surface area (Å²) in [5.41, 5.74) is 3.90. The highest BCUT2D eigenvalue weighted by atomic mass is 32.1. The van der Waals surface area contributed by atoms with Gasteiger partial charge in [0.2, 0.25) is 0 Å². The van der Waals surface area contributed by atoms with Gasteiger partial charge in [-0.15, -0.1) is 11.3 Å². The van der Waals surface area contributed by atoms with Crippen molar-refractivity contribution in [3.8, 4) is 0 Å². The molecule has 0 atom stereocenters. The van der Waals surface area contributed by atoms with Crippen LogP contribution in [-0.4, -0.2) is 22.5 Å². The summed E-state index contributed by atoms with van der Waals surface area (Å²) in [6.07, 6.45) is 0.551. The molecule has 0 bridgehead atoms. The summed E-state index contributed by atoms with van der Waals surface area (Å²) < 4.78 is 5.07. The lowest BCUT2D eigenvalue weighted by Crippen LogP contribution is -2.13. The third kappa shape index (κ3) is 3.22. The van der Waals surface area contributed by atoms with Crippen LogP contribution in [0.4, 0.5) is 0 Å². The molecule has 3 rings (SSSR count). The molecule has 0 aliphatic carbocycles. The predicted octanol–water partition coefficient (Wildman–Crippen LogP) is 3.68. The molecule has 2 aromatic heterocycles. The van der Waals surface area contributed by atoms with Crippen LogP contribution in [-0.2, 0) is 11.2 Å². The number of hydrogen-bond acceptors (Lipinski definition) is 5. The maximum Gasteiger partial charge on any atom is 0.348 e. The van der Waals surface area contributed by atoms with Gasteiger partial charge in [0.25, 0.3) is 5.56 Å². The minimum atomic E-state index is -0.404. The number of thiophene rings is 1. The first-order chi connectivity index (χ1) is 11.9. The standard InChI is InChI=1S/C19H20N2O3S/c1-5-24-19(23)16-12(4)15-17(22)20-14(21-18(15)25-16)9-13-10(2)7-6-8-11(13)3/h6-8H,5,9H2,1-4H3,(H,20,21,22). The van der Waals surface area contributed by atoms with E-state index < -0.39 is 5.97 Å². The molecule has 1 N–H and O–H groups in total. The Morgan fingerprint density at radius 3 is 2.56 bits per heavy atom. The fourth-order valence-corrected chi connectivity index (χ4v) is 4.05. The van der Waals surface area contributed by atoms with E-state index in [9.17, 15) is 9.59 Å². The van der Waals surface area contributed by atoms with Gasteiger partial charge in [-0.2, -0.15) is 0 Å². The fraction of sp³-hybridized carbons (Fsp3) is 0.316. The fourth-order valence-electron chi connectivity index (χ4n) is 2.96. The Morgan fingerprint density at radius 2 is 1.92 bits per heavy atom. The summed E-state index contributed by atoms with van der Waals surface area (Å²) in [5, 5.41) is 0.471. The van der Waals surface area contributed by atoms with E-state index in [-0.39, 0.29) is 5.56 Å². The molecule has 0 radical (unpaired) electrons. The van der Waals surface area contributed by atoms with Gasteiger partial charge < -0.3 is 9.72 Å². The van der Waals surface area contributed by atoms with Gasteiger partial charge in [0.05, 0.1) is 12.0 Å². The Bertz CT molecular complexity index is 997. The van der Waals surface area contributed by atoms with Crippen molar-refractivity contribution in [3.05, 3.63) is 61.5 Å². The van der Waals surface area contributed by atoms with Gasteiger partial charge in [0.1, 0.15) is 15.5 Å². The minimum absolute atomic E-state index is 0.212. The van der Waals surface area contributed by atoms with Gasteiger partial charge in [-0.1, -0.05) is 18.2 Å². The van der Waals surface area contributed by atoms with E-state index >= 15 is 0 Å². The zero-order chi connectivity index (χ0) is 18.1. The molecule has 0 spiro atoms. The monoisotopic (exact) mass is 356 g/mol. The lowest BCUT2D eigenvalue weighted by molar-refractivity contribution is 0.0531. The van der Waals surface area contributed by atoms with Crippen molar-refractivity contribution in [2.75, 3.05) is 6.61 Å². The molecule has 1 aromatic carbocycles. The number of esters is 1. The van der Waals surface area contributed by atoms with E-state index in [2.05, 4.69) is 9.97 Å². The van der Waals surface area contributed by atoms with Gasteiger partial charge in [-0.05, 0) is 49.9 Å². The van der Waals surface area contributed by atoms with Crippen LogP contribution in [0.25, 0.3) is 10.2 Å². The maximum atomic E-state index is 12.5. The Hall–Kier alpha value is -2.47. The molecular weight excluding hydrogens is 336 g/mol. The molecule has 2 heterocycles. The predicted molar refractivity (Wildman–Crippen MR) is 99.7 cm³/mol. The van der Waals surface area contributed by atoms with Crippen LogP contribution in [0.3, 0.4) is 0 Å². The van der Waals surface area contributed by atoms with Crippen molar-refractivity contribution in [2.24, 2.45) is 0 Å². The topological polar surface area (TPSA) is 72.0 Å². The number of nitrogens with zero attached hydrogens (tertiary/aromatic N) is 1. The van der Waals surface area contributed by atoms with Gasteiger partial charge in [-0.25, -0.2) is 9.78 Å². The molecule has 5 nitrogen and oxygen atoms in total. The number of carbonyl (C=O) groups excluding carboxylic acids is 1. The molecule has 0 amide bonds. The first kappa shape index (κ1) is 17.4. The second kappa shape index (κ2) is 6.80. The summed E-state index contributed by atoms with van der Waals surface area (Å²) in [4.78, 5) is 33.1. The van der Waals surface area contributed by atoms with Crippen LogP contribution in [0.2, 0.25) is 0 Å². The second-order valence-electron chi connectivity index (χ2n) is 6.02. The van der Waals surface area contributed by atoms with E-state index in [1.54, 1.807) is 13.8 Å². The zero-order valence-corrected chi connectivity index (χ0v) is 15.5. The Kier molecular flexibility index (Phi) is 4.72. The first-order valence-electron chi connectivity index (χ1n) is 8.16. The quantitative estimate of drug-likeness (QED) is 0.724. The van der Waals surface area contributed by atoms with Crippen molar-refractivity contribution < 1.29 is 9.53 Å². The molecule has 3 aromatic rings. The summed E-state index contributed by atoms with van der Waals surface area (Å²) in [6.45, 7) is 7.91. The van der Waals surface area contributed by atoms with E-state index in [0.717, 1.165) is 16.7 Å². The molecule has 130 valence electrons. The Balaban J connectivity index is 2.08. The van der Waals surface area contributed by atoms with Gasteiger partial charge in [0, 0.05) is 6.42 Å². The number of fused-ring (bicyclic) bond motifs is 1. The highest BCUT2D eigenvalue weighted by Gasteiger charge is 2.20. The normalized spacial score (nSPS) is 11.0. The van der Waals surface area contributed by atoms with Crippen molar-refractivity contribution in [3.63, 3.8) is 0 Å². The van der Waals surface area contributed by atoms with Gasteiger partial charge >= 0.3 is 5.97 Å². The minimum Gasteiger partial charge on any atom is -0.462 e. The molecule has 0 fully saturated rings. The van der Waals surface area contributed by atoms with Crippen molar-refractivity contribution in [1.29, 1.82) is 0 Å². The van der Waals surface area contributed by atoms with Gasteiger partial charge in [-0.3, -0.25) is 4.79 Å². The summed E-state index contributed by atoms with van der Waals surface area (Å²) in [7, 11) is 0. The summed E-state index contributed by atoms with van der Waals surface area (Å²) in [6, 6.07) is 6.11. The van der Waals surface area contributed by atoms with E-state index in [4.69, 9.17) is 4.74 Å². The number of aromatic amines is 1. The second-order valence-corrected chi connectivity index (χ2v) is 7.02. The lowest BCUT2D eigenvalue weighted by atomic mass is 10.00. The SMILES string of the molecule is CCOC(=O)c1sc2nc(Cc3c(C)cccc3C)[nH]c(=O)c2c1C. The first-order valence-corrected chi connectivity index (χ1v) is 8.98. The average Bonchev–Trinajstić information content (AvgIpc) is 2.89. The number of carbonyl (C=O) groups is 1. The Morgan fingerprint density at radius 1 is 1.24 bits per heavy atom. The number of benzene rings is 1. The highest BCUT2D eigenvalue weighted by molar-refractivity contribution is 7.20. The van der Waals surface area contributed by atoms with Crippen LogP contribution < -0.4 is 5.56 Å². The van der Waals surface area contributed by atoms with Gasteiger partial charge in [0.15, 0.2) is 0 Å². The van der Waals surface area contributed by atoms with Crippen LogP contribution >= 0.6 is 11.3 Å². The number of aromatic nitrogens is 2. The summed E-state index contributed by atoms with van der Waals surface area (Å²) in [5.74, 6) is 0.199. The average molecular weight is 356 g/mol. The van der Waals surface area contributed by atoms with E-state index in [0.29, 0.717) is 39.5 Å². The molecule has 0 saturated carbocycles. The maximum absolute atomic E-state index is 12.5. The molecule has 25 heavy (non-hydrogen) atoms. The highest BCUT2D eigenvalue weighted by Crippen LogP contribution is 2.28. The van der Waals surface area contributed by atoms with Crippen LogP contribution in [0.5, 0.6) is 0 Å². The molecule has 0 saturated heterocycles. The third-order valence-corrected chi connectivity index (χ3v) is 5.46. The summed E-state index contributed by atoms with van der Waals surface area (Å²) >= 11 is 1.21. The van der Waals surface area contributed by atoms with Crippen LogP contribution in [0.1, 0.15) is 44.7 Å². The molecule has 0 aliphatic rings. The van der Waals surface area contributed by atoms with Crippen LogP contribution in [0.15, 0.2) is 23.0 Å². The van der Waals surface area contributed by atoms with Crippen molar-refractivity contribution in [1.82, 2.24) is 9.97 Å². The number of H-pyrrole nitrogens is 1. The van der Waals surface area contributed by atoms with E-state index in [1.165, 1.54) is 11.3 Å². The molecule has 6 heteroatoms. The van der Waals surface area contributed by atoms with Crippen molar-refractivity contribution in [2.45, 2.75) is 34.1 Å². The smallest absolute Gasteiger partial charge is 0.348 e. The molecular formula is C19H20N2O3S. The number of nitrogens with one attached hydrogen (secondary N) is 1. The number of ether oxygens (including phenoxy) is 1. The number of hydrogen-bond donors (Lipinski definition) is 1. The number of aryl methyl sites for hydroxylation is 3. The Labute approximate surface area is 149 Å². The number of rotatable bonds is 4. The zero-order valence-electron chi connectivity index (χ0n) is 14.7. The largest absolute Gasteiger partial charge is 0.462 e. The molecule has 0 aliphatic heterocycles. The van der Waals surface area contributed by atoms with Crippen molar-refractivity contribution >= 4 is 27.5 Å². The van der Waals surface area contributed by atoms with Crippen LogP contribution in [0, 0.1) is 20.8 Å². The molecule has 0 unspecified atom stereocenters. The third-order valence-electron chi connectivity index (χ3n) is 4.30. The lowest BCUT2D eigenvalue weighted by Gasteiger charge is -2.09. The van der Waals surface area contributed by atoms with E-state index in [1.807, 2.05) is 32.0 Å².